The van der Waals surface area contributed by atoms with Crippen molar-refractivity contribution in [2.24, 2.45) is 0 Å². The minimum atomic E-state index is -0.286. The molecule has 0 bridgehead atoms. The second-order valence-corrected chi connectivity index (χ2v) is 4.49. The standard InChI is InChI=1S/C14H17N3O2/c15-7-8-16-14(18)10-19-13-4-2-1-3-11(13)9-17-12-5-6-12/h1-4,12,17H,5-6,8-10H2,(H,16,18). The molecule has 0 spiro atoms. The minimum Gasteiger partial charge on any atom is -0.483 e. The average molecular weight is 259 g/mol. The molecule has 0 aromatic heterocycles. The van der Waals surface area contributed by atoms with E-state index >= 15 is 0 Å². The SMILES string of the molecule is N#CCNC(=O)COc1ccccc1CNC1CC1. The molecule has 19 heavy (non-hydrogen) atoms. The van der Waals surface area contributed by atoms with Gasteiger partial charge >= 0.3 is 0 Å². The van der Waals surface area contributed by atoms with Crippen LogP contribution in [0.15, 0.2) is 24.3 Å². The van der Waals surface area contributed by atoms with Gasteiger partial charge in [0.1, 0.15) is 12.3 Å². The van der Waals surface area contributed by atoms with Crippen molar-refractivity contribution in [2.75, 3.05) is 13.2 Å². The number of para-hydroxylation sites is 1. The van der Waals surface area contributed by atoms with Gasteiger partial charge in [-0.1, -0.05) is 18.2 Å². The predicted molar refractivity (Wildman–Crippen MR) is 70.4 cm³/mol. The third-order valence-electron chi connectivity index (χ3n) is 2.85. The highest BCUT2D eigenvalue weighted by Crippen LogP contribution is 2.22. The lowest BCUT2D eigenvalue weighted by molar-refractivity contribution is -0.122. The number of benzene rings is 1. The van der Waals surface area contributed by atoms with Gasteiger partial charge in [-0.3, -0.25) is 4.79 Å². The predicted octanol–water partition coefficient (Wildman–Crippen LogP) is 0.957. The van der Waals surface area contributed by atoms with Crippen LogP contribution in [0.4, 0.5) is 0 Å². The van der Waals surface area contributed by atoms with Crippen molar-refractivity contribution in [3.63, 3.8) is 0 Å². The molecule has 1 saturated carbocycles. The number of rotatable bonds is 7. The number of nitrogens with one attached hydrogen (secondary N) is 2. The molecule has 5 nitrogen and oxygen atoms in total. The number of carbonyl (C=O) groups is 1. The quantitative estimate of drug-likeness (QED) is 0.715. The Hall–Kier alpha value is -2.06. The normalized spacial score (nSPS) is 13.6. The van der Waals surface area contributed by atoms with Gasteiger partial charge in [0.15, 0.2) is 6.61 Å². The molecule has 2 rings (SSSR count). The highest BCUT2D eigenvalue weighted by Gasteiger charge is 2.20. The Kier molecular flexibility index (Phi) is 4.76. The molecule has 0 atom stereocenters. The fraction of sp³-hybridized carbons (Fsp3) is 0.429. The van der Waals surface area contributed by atoms with Crippen LogP contribution in [0.5, 0.6) is 5.75 Å². The number of nitrogens with zero attached hydrogens (tertiary/aromatic N) is 1. The fourth-order valence-electron chi connectivity index (χ4n) is 1.66. The topological polar surface area (TPSA) is 74.2 Å². The van der Waals surface area contributed by atoms with Crippen molar-refractivity contribution < 1.29 is 9.53 Å². The molecule has 1 aromatic carbocycles. The van der Waals surface area contributed by atoms with Gasteiger partial charge in [0.05, 0.1) is 6.07 Å². The van der Waals surface area contributed by atoms with Crippen LogP contribution in [-0.4, -0.2) is 25.1 Å². The molecule has 1 aliphatic carbocycles. The molecule has 0 unspecified atom stereocenters. The van der Waals surface area contributed by atoms with Crippen LogP contribution in [0, 0.1) is 11.3 Å². The van der Waals surface area contributed by atoms with Crippen molar-refractivity contribution in [2.45, 2.75) is 25.4 Å². The Labute approximate surface area is 112 Å². The van der Waals surface area contributed by atoms with Gasteiger partial charge in [0, 0.05) is 18.2 Å². The first kappa shape index (κ1) is 13.4. The van der Waals surface area contributed by atoms with Crippen molar-refractivity contribution >= 4 is 5.91 Å². The lowest BCUT2D eigenvalue weighted by atomic mass is 10.2. The Morgan fingerprint density at radius 1 is 1.42 bits per heavy atom. The maximum atomic E-state index is 11.4. The molecular weight excluding hydrogens is 242 g/mol. The number of hydrogen-bond acceptors (Lipinski definition) is 4. The number of hydrogen-bond donors (Lipinski definition) is 2. The summed E-state index contributed by atoms with van der Waals surface area (Å²) >= 11 is 0. The van der Waals surface area contributed by atoms with E-state index in [-0.39, 0.29) is 19.1 Å². The third-order valence-corrected chi connectivity index (χ3v) is 2.85. The molecule has 1 aliphatic rings. The van der Waals surface area contributed by atoms with E-state index in [9.17, 15) is 4.79 Å². The van der Waals surface area contributed by atoms with Crippen molar-refractivity contribution in [1.29, 1.82) is 5.26 Å². The van der Waals surface area contributed by atoms with Gasteiger partial charge in [-0.2, -0.15) is 5.26 Å². The van der Waals surface area contributed by atoms with Gasteiger partial charge in [0.25, 0.3) is 5.91 Å². The molecule has 5 heteroatoms. The van der Waals surface area contributed by atoms with Crippen LogP contribution >= 0.6 is 0 Å². The summed E-state index contributed by atoms with van der Waals surface area (Å²) in [6.45, 7) is 0.690. The van der Waals surface area contributed by atoms with Crippen LogP contribution in [0.25, 0.3) is 0 Å². The van der Waals surface area contributed by atoms with E-state index in [0.717, 1.165) is 12.1 Å². The summed E-state index contributed by atoms with van der Waals surface area (Å²) in [5.41, 5.74) is 1.04. The number of ether oxygens (including phenoxy) is 1. The van der Waals surface area contributed by atoms with Gasteiger partial charge in [0.2, 0.25) is 0 Å². The van der Waals surface area contributed by atoms with Crippen LogP contribution in [0.2, 0.25) is 0 Å². The average Bonchev–Trinajstić information content (AvgIpc) is 3.25. The zero-order chi connectivity index (χ0) is 13.5. The van der Waals surface area contributed by atoms with Crippen LogP contribution in [0.3, 0.4) is 0 Å². The molecule has 1 amide bonds. The van der Waals surface area contributed by atoms with E-state index in [1.807, 2.05) is 30.3 Å². The zero-order valence-corrected chi connectivity index (χ0v) is 10.7. The second kappa shape index (κ2) is 6.76. The smallest absolute Gasteiger partial charge is 0.258 e. The molecule has 0 radical (unpaired) electrons. The Balaban J connectivity index is 1.84. The summed E-state index contributed by atoms with van der Waals surface area (Å²) in [4.78, 5) is 11.4. The molecular formula is C14H17N3O2. The summed E-state index contributed by atoms with van der Waals surface area (Å²) in [7, 11) is 0. The highest BCUT2D eigenvalue weighted by molar-refractivity contribution is 5.77. The van der Waals surface area contributed by atoms with E-state index in [1.165, 1.54) is 12.8 Å². The van der Waals surface area contributed by atoms with E-state index in [0.29, 0.717) is 11.8 Å². The molecule has 0 heterocycles. The molecule has 2 N–H and O–H groups in total. The molecule has 0 saturated heterocycles. The van der Waals surface area contributed by atoms with Gasteiger partial charge in [-0.05, 0) is 18.9 Å². The van der Waals surface area contributed by atoms with Crippen LogP contribution in [-0.2, 0) is 11.3 Å². The maximum absolute atomic E-state index is 11.4. The van der Waals surface area contributed by atoms with Crippen LogP contribution < -0.4 is 15.4 Å². The molecule has 100 valence electrons. The fourth-order valence-corrected chi connectivity index (χ4v) is 1.66. The van der Waals surface area contributed by atoms with E-state index in [1.54, 1.807) is 0 Å². The summed E-state index contributed by atoms with van der Waals surface area (Å²) in [6, 6.07) is 10.1. The summed E-state index contributed by atoms with van der Waals surface area (Å²) in [5.74, 6) is 0.425. The number of nitriles is 1. The van der Waals surface area contributed by atoms with Crippen molar-refractivity contribution in [3.05, 3.63) is 29.8 Å². The monoisotopic (exact) mass is 259 g/mol. The van der Waals surface area contributed by atoms with Crippen LogP contribution in [0.1, 0.15) is 18.4 Å². The Bertz CT molecular complexity index is 478. The molecule has 1 aromatic rings. The first-order valence-electron chi connectivity index (χ1n) is 6.37. The summed E-state index contributed by atoms with van der Waals surface area (Å²) in [6.07, 6.45) is 2.47. The van der Waals surface area contributed by atoms with Crippen molar-refractivity contribution in [1.82, 2.24) is 10.6 Å². The Morgan fingerprint density at radius 3 is 2.95 bits per heavy atom. The lowest BCUT2D eigenvalue weighted by Crippen LogP contribution is -2.29. The van der Waals surface area contributed by atoms with E-state index in [2.05, 4.69) is 10.6 Å². The first-order chi connectivity index (χ1) is 9.29. The van der Waals surface area contributed by atoms with E-state index in [4.69, 9.17) is 10.00 Å². The van der Waals surface area contributed by atoms with E-state index < -0.39 is 0 Å². The largest absolute Gasteiger partial charge is 0.483 e. The third kappa shape index (κ3) is 4.60. The number of amides is 1. The van der Waals surface area contributed by atoms with Gasteiger partial charge in [-0.15, -0.1) is 0 Å². The van der Waals surface area contributed by atoms with Gasteiger partial charge < -0.3 is 15.4 Å². The lowest BCUT2D eigenvalue weighted by Gasteiger charge is -2.11. The highest BCUT2D eigenvalue weighted by atomic mass is 16.5. The zero-order valence-electron chi connectivity index (χ0n) is 10.7. The Morgan fingerprint density at radius 2 is 2.21 bits per heavy atom. The van der Waals surface area contributed by atoms with Crippen molar-refractivity contribution in [3.8, 4) is 11.8 Å². The summed E-state index contributed by atoms with van der Waals surface area (Å²) in [5, 5.41) is 14.2. The molecule has 1 fully saturated rings. The second-order valence-electron chi connectivity index (χ2n) is 4.49. The maximum Gasteiger partial charge on any atom is 0.258 e. The minimum absolute atomic E-state index is 0.00702. The molecule has 0 aliphatic heterocycles. The van der Waals surface area contributed by atoms with Gasteiger partial charge in [-0.25, -0.2) is 0 Å². The first-order valence-corrected chi connectivity index (χ1v) is 6.37. The summed E-state index contributed by atoms with van der Waals surface area (Å²) < 4.78 is 5.49. The number of carbonyl (C=O) groups excluding carboxylic acids is 1.